The van der Waals surface area contributed by atoms with Gasteiger partial charge in [0.05, 0.1) is 5.39 Å². The van der Waals surface area contributed by atoms with E-state index in [4.69, 9.17) is 15.0 Å². The average molecular weight is 518 g/mol. The molecule has 0 atom stereocenters. The van der Waals surface area contributed by atoms with Gasteiger partial charge in [0, 0.05) is 11.6 Å². The monoisotopic (exact) mass is 518 g/mol. The second kappa shape index (κ2) is 8.67. The second-order valence-electron chi connectivity index (χ2n) is 7.33. The third kappa shape index (κ3) is 4.42. The number of nitrogen functional groups attached to an aromatic ring is 1. The van der Waals surface area contributed by atoms with E-state index in [-0.39, 0.29) is 22.1 Å². The second-order valence-corrected chi connectivity index (χ2v) is 10.2. The van der Waals surface area contributed by atoms with Crippen molar-refractivity contribution in [3.63, 3.8) is 0 Å². The van der Waals surface area contributed by atoms with Crippen LogP contribution in [-0.4, -0.2) is 22.9 Å². The summed E-state index contributed by atoms with van der Waals surface area (Å²) in [5.74, 6) is -4.05. The van der Waals surface area contributed by atoms with Crippen molar-refractivity contribution in [3.8, 4) is 22.6 Å². The highest BCUT2D eigenvalue weighted by Crippen LogP contribution is 2.38. The van der Waals surface area contributed by atoms with Gasteiger partial charge in [0.2, 0.25) is 0 Å². The molecule has 0 fully saturated rings. The van der Waals surface area contributed by atoms with Crippen LogP contribution in [0.25, 0.3) is 22.1 Å². The summed E-state index contributed by atoms with van der Waals surface area (Å²) in [7, 11) is -4.24. The zero-order valence-electron chi connectivity index (χ0n) is 17.4. The van der Waals surface area contributed by atoms with Crippen LogP contribution < -0.4 is 10.5 Å². The Labute approximate surface area is 199 Å². The van der Waals surface area contributed by atoms with Crippen LogP contribution in [0.3, 0.4) is 0 Å². The third-order valence-electron chi connectivity index (χ3n) is 5.01. The maximum Gasteiger partial charge on any atom is 0.187 e. The Kier molecular flexibility index (Phi) is 5.65. The third-order valence-corrected chi connectivity index (χ3v) is 7.49. The van der Waals surface area contributed by atoms with Crippen molar-refractivity contribution < 1.29 is 30.8 Å². The van der Waals surface area contributed by atoms with Crippen LogP contribution >= 0.6 is 11.5 Å². The molecule has 0 aliphatic heterocycles. The Morgan fingerprint density at radius 1 is 1.00 bits per heavy atom. The quantitative estimate of drug-likeness (QED) is 0.329. The van der Waals surface area contributed by atoms with E-state index in [0.29, 0.717) is 28.7 Å². The number of rotatable bonds is 6. The molecule has 5 rings (SSSR count). The summed E-state index contributed by atoms with van der Waals surface area (Å²) < 4.78 is 83.1. The minimum absolute atomic E-state index is 0.0106. The minimum Gasteiger partial charge on any atom is -0.454 e. The van der Waals surface area contributed by atoms with Gasteiger partial charge in [-0.15, -0.1) is 0 Å². The molecule has 2 N–H and O–H groups in total. The largest absolute Gasteiger partial charge is 0.454 e. The number of ether oxygens (including phenoxy) is 1. The van der Waals surface area contributed by atoms with Gasteiger partial charge in [-0.1, -0.05) is 11.2 Å². The first kappa shape index (κ1) is 22.8. The number of anilines is 1. The van der Waals surface area contributed by atoms with Crippen molar-refractivity contribution in [2.45, 2.75) is 10.6 Å². The number of nitrogens with zero attached hydrogens (tertiary/aromatic N) is 3. The van der Waals surface area contributed by atoms with Gasteiger partial charge in [-0.25, -0.2) is 26.6 Å². The van der Waals surface area contributed by atoms with Crippen molar-refractivity contribution >= 4 is 38.2 Å². The molecule has 0 saturated heterocycles. The first-order valence-electron chi connectivity index (χ1n) is 9.81. The Hall–Kier alpha value is -3.97. The molecule has 3 aromatic carbocycles. The highest BCUT2D eigenvalue weighted by atomic mass is 32.2. The maximum absolute atomic E-state index is 14.9. The molecule has 0 radical (unpaired) electrons. The molecule has 0 spiro atoms. The molecule has 0 amide bonds. The van der Waals surface area contributed by atoms with E-state index >= 15 is 0 Å². The van der Waals surface area contributed by atoms with Crippen LogP contribution in [0.1, 0.15) is 5.01 Å². The number of nitrogens with two attached hydrogens (primary N) is 1. The predicted molar refractivity (Wildman–Crippen MR) is 121 cm³/mol. The van der Waals surface area contributed by atoms with Crippen molar-refractivity contribution in [3.05, 3.63) is 77.3 Å². The van der Waals surface area contributed by atoms with Gasteiger partial charge < -0.3 is 15.0 Å². The lowest BCUT2D eigenvalue weighted by Crippen LogP contribution is -2.08. The van der Waals surface area contributed by atoms with Gasteiger partial charge in [0.1, 0.15) is 39.4 Å². The van der Waals surface area contributed by atoms with Crippen LogP contribution in [0.15, 0.2) is 64.3 Å². The fourth-order valence-corrected chi connectivity index (χ4v) is 5.57. The molecule has 5 aromatic rings. The fourth-order valence-electron chi connectivity index (χ4n) is 3.39. The van der Waals surface area contributed by atoms with Crippen LogP contribution in [0.5, 0.6) is 11.5 Å². The van der Waals surface area contributed by atoms with E-state index in [9.17, 15) is 21.6 Å². The van der Waals surface area contributed by atoms with E-state index in [1.807, 2.05) is 0 Å². The minimum atomic E-state index is -4.24. The van der Waals surface area contributed by atoms with E-state index in [1.54, 1.807) is 18.2 Å². The number of hydrogen-bond donors (Lipinski definition) is 1. The summed E-state index contributed by atoms with van der Waals surface area (Å²) in [6, 6.07) is 9.38. The number of benzene rings is 3. The average Bonchev–Trinajstić information content (AvgIpc) is 3.46. The molecule has 178 valence electrons. The number of fused-ring (bicyclic) bond motifs is 1. The summed E-state index contributed by atoms with van der Waals surface area (Å²) >= 11 is 0.833. The van der Waals surface area contributed by atoms with Crippen molar-refractivity contribution in [2.75, 3.05) is 5.73 Å². The van der Waals surface area contributed by atoms with E-state index in [0.717, 1.165) is 23.7 Å². The van der Waals surface area contributed by atoms with Gasteiger partial charge in [-0.2, -0.15) is 4.37 Å². The maximum atomic E-state index is 14.9. The van der Waals surface area contributed by atoms with Gasteiger partial charge in [-0.05, 0) is 53.5 Å². The summed E-state index contributed by atoms with van der Waals surface area (Å²) in [6.07, 6.45) is 1.17. The molecule has 0 aliphatic rings. The molecular weight excluding hydrogens is 505 g/mol. The van der Waals surface area contributed by atoms with Crippen LogP contribution in [0.2, 0.25) is 0 Å². The molecule has 13 heteroatoms. The summed E-state index contributed by atoms with van der Waals surface area (Å²) in [6.45, 7) is 0. The normalized spacial score (nSPS) is 11.7. The number of hydrogen-bond acceptors (Lipinski definition) is 9. The predicted octanol–water partition coefficient (Wildman–Crippen LogP) is 5.11. The number of sulfone groups is 1. The molecule has 0 aliphatic carbocycles. The SMILES string of the molecule is Nc1noc2ccc(-c3cc(F)ccc3Oc3cc(F)c(S(=O)(=O)Cc4ncns4)cc3F)cc12. The zero-order chi connectivity index (χ0) is 24.7. The molecule has 8 nitrogen and oxygen atoms in total. The Bertz CT molecular complexity index is 1670. The van der Waals surface area contributed by atoms with Crippen LogP contribution in [0, 0.1) is 17.5 Å². The lowest BCUT2D eigenvalue weighted by molar-refractivity contribution is 0.432. The molecule has 2 aromatic heterocycles. The van der Waals surface area contributed by atoms with Gasteiger partial charge in [0.15, 0.2) is 32.8 Å². The first-order chi connectivity index (χ1) is 16.7. The zero-order valence-corrected chi connectivity index (χ0v) is 19.0. The summed E-state index contributed by atoms with van der Waals surface area (Å²) in [5, 5.41) is 4.26. The Morgan fingerprint density at radius 2 is 1.83 bits per heavy atom. The molecular formula is C22H13F3N4O4S2. The highest BCUT2D eigenvalue weighted by molar-refractivity contribution is 7.90. The smallest absolute Gasteiger partial charge is 0.187 e. The summed E-state index contributed by atoms with van der Waals surface area (Å²) in [5.41, 5.74) is 6.84. The lowest BCUT2D eigenvalue weighted by Gasteiger charge is -2.14. The van der Waals surface area contributed by atoms with Crippen molar-refractivity contribution in [1.82, 2.24) is 14.5 Å². The topological polar surface area (TPSA) is 121 Å². The van der Waals surface area contributed by atoms with Crippen LogP contribution in [-0.2, 0) is 15.6 Å². The van der Waals surface area contributed by atoms with Gasteiger partial charge in [-0.3, -0.25) is 0 Å². The Balaban J connectivity index is 1.52. The standard InChI is InChI=1S/C22H13F3N4O4S2/c23-12-2-4-17(13(6-12)11-1-3-18-14(5-11)22(26)29-33-18)32-19-7-16(25)20(8-15(19)24)35(30,31)9-21-27-10-28-34-21/h1-8,10H,9H2,(H2,26,29). The lowest BCUT2D eigenvalue weighted by atomic mass is 10.0. The molecule has 35 heavy (non-hydrogen) atoms. The van der Waals surface area contributed by atoms with Crippen LogP contribution in [0.4, 0.5) is 19.0 Å². The molecule has 0 unspecified atom stereocenters. The fraction of sp³-hybridized carbons (Fsp3) is 0.0455. The van der Waals surface area contributed by atoms with E-state index in [2.05, 4.69) is 14.5 Å². The van der Waals surface area contributed by atoms with Crippen molar-refractivity contribution in [1.29, 1.82) is 0 Å². The molecule has 0 bridgehead atoms. The number of aromatic nitrogens is 3. The number of halogens is 3. The molecule has 0 saturated carbocycles. The first-order valence-corrected chi connectivity index (χ1v) is 12.2. The highest BCUT2D eigenvalue weighted by Gasteiger charge is 2.25. The van der Waals surface area contributed by atoms with Gasteiger partial charge >= 0.3 is 0 Å². The van der Waals surface area contributed by atoms with Crippen molar-refractivity contribution in [2.24, 2.45) is 0 Å². The van der Waals surface area contributed by atoms with E-state index in [1.165, 1.54) is 12.4 Å². The summed E-state index contributed by atoms with van der Waals surface area (Å²) in [4.78, 5) is 2.92. The van der Waals surface area contributed by atoms with E-state index < -0.39 is 43.7 Å². The molecule has 2 heterocycles. The Morgan fingerprint density at radius 3 is 2.60 bits per heavy atom. The van der Waals surface area contributed by atoms with Gasteiger partial charge in [0.25, 0.3) is 0 Å².